The van der Waals surface area contributed by atoms with E-state index in [-0.39, 0.29) is 18.4 Å². The first-order valence-electron chi connectivity index (χ1n) is 7.15. The number of hydrogen-bond acceptors (Lipinski definition) is 4. The molecule has 0 fully saturated rings. The van der Waals surface area contributed by atoms with Gasteiger partial charge < -0.3 is 20.5 Å². The quantitative estimate of drug-likeness (QED) is 0.628. The van der Waals surface area contributed by atoms with Crippen LogP contribution in [0.3, 0.4) is 0 Å². The molecule has 0 aliphatic heterocycles. The molecule has 0 aromatic heterocycles. The van der Waals surface area contributed by atoms with Crippen LogP contribution < -0.4 is 10.6 Å². The Morgan fingerprint density at radius 2 is 1.67 bits per heavy atom. The number of rotatable bonds is 8. The van der Waals surface area contributed by atoms with Gasteiger partial charge in [0.1, 0.15) is 12.1 Å². The van der Waals surface area contributed by atoms with Crippen molar-refractivity contribution in [1.29, 1.82) is 0 Å². The molecule has 0 rings (SSSR count). The first-order valence-corrected chi connectivity index (χ1v) is 7.15. The molecule has 7 heteroatoms. The molecule has 0 aromatic carbocycles. The highest BCUT2D eigenvalue weighted by atomic mass is 16.5. The molecule has 122 valence electrons. The van der Waals surface area contributed by atoms with Crippen LogP contribution >= 0.6 is 0 Å². The van der Waals surface area contributed by atoms with Crippen molar-refractivity contribution in [3.63, 3.8) is 0 Å². The summed E-state index contributed by atoms with van der Waals surface area (Å²) in [6.07, 6.45) is -0.368. The molecule has 21 heavy (non-hydrogen) atoms. The molecular formula is C14H26N2O5. The van der Waals surface area contributed by atoms with Crippen LogP contribution in [0.2, 0.25) is 0 Å². The number of alkyl carbamates (subject to hydrolysis) is 1. The van der Waals surface area contributed by atoms with Gasteiger partial charge in [-0.05, 0) is 25.2 Å². The zero-order chi connectivity index (χ0) is 16.6. The Hall–Kier alpha value is -1.79. The minimum atomic E-state index is -1.09. The standard InChI is InChI=1S/C14H26N2O5/c1-6-21-14(20)16-11(9(4)5)12(17)15-10(13(18)19)7-8(2)3/h8-11H,6-7H2,1-5H3,(H,15,17)(H,16,20)(H,18,19)/t10-,11-/m0/s1. The Balaban J connectivity index is 4.79. The largest absolute Gasteiger partial charge is 0.480 e. The molecule has 0 saturated heterocycles. The Morgan fingerprint density at radius 3 is 2.05 bits per heavy atom. The molecule has 0 bridgehead atoms. The summed E-state index contributed by atoms with van der Waals surface area (Å²) in [5.74, 6) is -1.67. The minimum absolute atomic E-state index is 0.127. The number of aliphatic carboxylic acids is 1. The second kappa shape index (κ2) is 9.20. The monoisotopic (exact) mass is 302 g/mol. The van der Waals surface area contributed by atoms with Crippen molar-refractivity contribution in [2.75, 3.05) is 6.61 Å². The number of carboxylic acids is 1. The zero-order valence-electron chi connectivity index (χ0n) is 13.3. The number of amides is 2. The molecule has 7 nitrogen and oxygen atoms in total. The summed E-state index contributed by atoms with van der Waals surface area (Å²) in [6, 6.07) is -1.80. The van der Waals surface area contributed by atoms with Gasteiger partial charge in [-0.1, -0.05) is 27.7 Å². The van der Waals surface area contributed by atoms with E-state index in [0.29, 0.717) is 6.42 Å². The summed E-state index contributed by atoms with van der Waals surface area (Å²) in [6.45, 7) is 9.12. The van der Waals surface area contributed by atoms with E-state index >= 15 is 0 Å². The number of ether oxygens (including phenoxy) is 1. The zero-order valence-corrected chi connectivity index (χ0v) is 13.3. The molecule has 0 aliphatic rings. The number of nitrogens with one attached hydrogen (secondary N) is 2. The molecule has 2 amide bonds. The number of hydrogen-bond donors (Lipinski definition) is 3. The van der Waals surface area contributed by atoms with Gasteiger partial charge in [-0.15, -0.1) is 0 Å². The van der Waals surface area contributed by atoms with Crippen molar-refractivity contribution in [3.05, 3.63) is 0 Å². The predicted molar refractivity (Wildman–Crippen MR) is 77.8 cm³/mol. The molecule has 3 N–H and O–H groups in total. The van der Waals surface area contributed by atoms with Crippen molar-refractivity contribution in [3.8, 4) is 0 Å². The lowest BCUT2D eigenvalue weighted by atomic mass is 10.0. The first kappa shape index (κ1) is 19.2. The Bertz CT molecular complexity index is 368. The average Bonchev–Trinajstić information content (AvgIpc) is 2.34. The van der Waals surface area contributed by atoms with Gasteiger partial charge in [0.25, 0.3) is 0 Å². The van der Waals surface area contributed by atoms with E-state index in [1.54, 1.807) is 20.8 Å². The normalized spacial score (nSPS) is 13.7. The van der Waals surface area contributed by atoms with Crippen molar-refractivity contribution in [1.82, 2.24) is 10.6 Å². The highest BCUT2D eigenvalue weighted by molar-refractivity contribution is 5.89. The molecule has 0 unspecified atom stereocenters. The van der Waals surface area contributed by atoms with Crippen molar-refractivity contribution < 1.29 is 24.2 Å². The summed E-state index contributed by atoms with van der Waals surface area (Å²) in [5, 5.41) is 14.0. The van der Waals surface area contributed by atoms with Gasteiger partial charge in [0, 0.05) is 0 Å². The van der Waals surface area contributed by atoms with Crippen LogP contribution in [-0.2, 0) is 14.3 Å². The Kier molecular flexibility index (Phi) is 8.42. The summed E-state index contributed by atoms with van der Waals surface area (Å²) in [4.78, 5) is 34.8. The summed E-state index contributed by atoms with van der Waals surface area (Å²) in [7, 11) is 0. The van der Waals surface area contributed by atoms with Gasteiger partial charge in [-0.2, -0.15) is 0 Å². The topological polar surface area (TPSA) is 105 Å². The lowest BCUT2D eigenvalue weighted by Gasteiger charge is -2.24. The van der Waals surface area contributed by atoms with Crippen molar-refractivity contribution in [2.24, 2.45) is 11.8 Å². The highest BCUT2D eigenvalue weighted by Gasteiger charge is 2.29. The fourth-order valence-corrected chi connectivity index (χ4v) is 1.79. The van der Waals surface area contributed by atoms with Crippen LogP contribution in [0, 0.1) is 11.8 Å². The van der Waals surface area contributed by atoms with E-state index in [4.69, 9.17) is 9.84 Å². The van der Waals surface area contributed by atoms with Gasteiger partial charge in [0.2, 0.25) is 5.91 Å². The van der Waals surface area contributed by atoms with Crippen LogP contribution in [0.4, 0.5) is 4.79 Å². The molecule has 0 heterocycles. The van der Waals surface area contributed by atoms with Crippen LogP contribution in [0.5, 0.6) is 0 Å². The van der Waals surface area contributed by atoms with Gasteiger partial charge in [0.05, 0.1) is 6.61 Å². The lowest BCUT2D eigenvalue weighted by molar-refractivity contribution is -0.142. The van der Waals surface area contributed by atoms with E-state index in [1.807, 2.05) is 13.8 Å². The lowest BCUT2D eigenvalue weighted by Crippen LogP contribution is -2.54. The highest BCUT2D eigenvalue weighted by Crippen LogP contribution is 2.08. The van der Waals surface area contributed by atoms with Crippen molar-refractivity contribution in [2.45, 2.75) is 53.1 Å². The van der Waals surface area contributed by atoms with Gasteiger partial charge in [0.15, 0.2) is 0 Å². The van der Waals surface area contributed by atoms with E-state index in [1.165, 1.54) is 0 Å². The third-order valence-electron chi connectivity index (χ3n) is 2.82. The third kappa shape index (κ3) is 7.53. The summed E-state index contributed by atoms with van der Waals surface area (Å²) >= 11 is 0. The third-order valence-corrected chi connectivity index (χ3v) is 2.82. The average molecular weight is 302 g/mol. The molecule has 0 aromatic rings. The van der Waals surface area contributed by atoms with Gasteiger partial charge in [-0.25, -0.2) is 9.59 Å². The Labute approximate surface area is 125 Å². The van der Waals surface area contributed by atoms with Crippen LogP contribution in [0.1, 0.15) is 41.0 Å². The van der Waals surface area contributed by atoms with Gasteiger partial charge >= 0.3 is 12.1 Å². The molecule has 0 saturated carbocycles. The van der Waals surface area contributed by atoms with Crippen LogP contribution in [0.15, 0.2) is 0 Å². The van der Waals surface area contributed by atoms with E-state index in [0.717, 1.165) is 0 Å². The number of carboxylic acid groups (broad SMARTS) is 1. The number of carbonyl (C=O) groups excluding carboxylic acids is 2. The van der Waals surface area contributed by atoms with E-state index in [9.17, 15) is 14.4 Å². The molecule has 2 atom stereocenters. The summed E-state index contributed by atoms with van der Waals surface area (Å²) < 4.78 is 4.74. The molecule has 0 spiro atoms. The van der Waals surface area contributed by atoms with E-state index in [2.05, 4.69) is 10.6 Å². The van der Waals surface area contributed by atoms with Gasteiger partial charge in [-0.3, -0.25) is 4.79 Å². The maximum absolute atomic E-state index is 12.2. The summed E-state index contributed by atoms with van der Waals surface area (Å²) in [5.41, 5.74) is 0. The fraction of sp³-hybridized carbons (Fsp3) is 0.786. The molecule has 0 radical (unpaired) electrons. The minimum Gasteiger partial charge on any atom is -0.480 e. The molecule has 0 aliphatic carbocycles. The predicted octanol–water partition coefficient (Wildman–Crippen LogP) is 1.37. The molecular weight excluding hydrogens is 276 g/mol. The fourth-order valence-electron chi connectivity index (χ4n) is 1.79. The SMILES string of the molecule is CCOC(=O)N[C@H](C(=O)N[C@@H](CC(C)C)C(=O)O)C(C)C. The maximum atomic E-state index is 12.2. The Morgan fingerprint density at radius 1 is 1.10 bits per heavy atom. The van der Waals surface area contributed by atoms with Crippen LogP contribution in [0.25, 0.3) is 0 Å². The maximum Gasteiger partial charge on any atom is 0.407 e. The van der Waals surface area contributed by atoms with E-state index < -0.39 is 30.1 Å². The smallest absolute Gasteiger partial charge is 0.407 e. The van der Waals surface area contributed by atoms with Crippen molar-refractivity contribution >= 4 is 18.0 Å². The second-order valence-electron chi connectivity index (χ2n) is 5.62. The number of carbonyl (C=O) groups is 3. The van der Waals surface area contributed by atoms with Crippen LogP contribution in [-0.4, -0.2) is 41.8 Å². The second-order valence-corrected chi connectivity index (χ2v) is 5.62. The first-order chi connectivity index (χ1) is 9.68.